The van der Waals surface area contributed by atoms with Crippen LogP contribution in [0, 0.1) is 13.8 Å². The summed E-state index contributed by atoms with van der Waals surface area (Å²) in [5, 5.41) is 10.1. The largest absolute Gasteiger partial charge is 0.490 e. The van der Waals surface area contributed by atoms with Gasteiger partial charge >= 0.3 is 12.1 Å². The quantitative estimate of drug-likeness (QED) is 0.638. The van der Waals surface area contributed by atoms with Gasteiger partial charge in [0.2, 0.25) is 5.91 Å². The zero-order valence-electron chi connectivity index (χ0n) is 17.0. The molecule has 2 aromatic carbocycles. The van der Waals surface area contributed by atoms with Gasteiger partial charge in [-0.3, -0.25) is 4.79 Å². The molecule has 0 aliphatic heterocycles. The van der Waals surface area contributed by atoms with Gasteiger partial charge in [-0.05, 0) is 31.0 Å². The van der Waals surface area contributed by atoms with Gasteiger partial charge in [-0.25, -0.2) is 9.78 Å². The Bertz CT molecular complexity index is 1050. The summed E-state index contributed by atoms with van der Waals surface area (Å²) in [5.41, 5.74) is 4.31. The molecule has 0 aliphatic rings. The Morgan fingerprint density at radius 1 is 1.10 bits per heavy atom. The van der Waals surface area contributed by atoms with E-state index in [1.807, 2.05) is 73.1 Å². The maximum absolute atomic E-state index is 12.2. The predicted octanol–water partition coefficient (Wildman–Crippen LogP) is 3.98. The molecule has 3 aromatic rings. The van der Waals surface area contributed by atoms with Crippen LogP contribution in [0.15, 0.2) is 60.9 Å². The number of amides is 1. The van der Waals surface area contributed by atoms with Gasteiger partial charge in [0.25, 0.3) is 0 Å². The lowest BCUT2D eigenvalue weighted by molar-refractivity contribution is -0.192. The Hall–Kier alpha value is -3.62. The fraction of sp³-hybridized carbons (Fsp3) is 0.227. The van der Waals surface area contributed by atoms with Gasteiger partial charge in [0.05, 0.1) is 12.1 Å². The minimum Gasteiger partial charge on any atom is -0.475 e. The number of carbonyl (C=O) groups excluding carboxylic acids is 1. The summed E-state index contributed by atoms with van der Waals surface area (Å²) < 4.78 is 33.8. The van der Waals surface area contributed by atoms with Gasteiger partial charge in [0.1, 0.15) is 5.82 Å². The second kappa shape index (κ2) is 10.4. The average Bonchev–Trinajstić information content (AvgIpc) is 3.12. The van der Waals surface area contributed by atoms with Crippen LogP contribution >= 0.6 is 0 Å². The number of benzene rings is 2. The molecule has 0 atom stereocenters. The van der Waals surface area contributed by atoms with E-state index < -0.39 is 12.1 Å². The highest BCUT2D eigenvalue weighted by molar-refractivity contribution is 5.78. The highest BCUT2D eigenvalue weighted by atomic mass is 19.4. The number of imidazole rings is 1. The maximum atomic E-state index is 12.2. The smallest absolute Gasteiger partial charge is 0.475 e. The summed E-state index contributed by atoms with van der Waals surface area (Å²) in [6, 6.07) is 16.1. The van der Waals surface area contributed by atoms with E-state index in [1.165, 1.54) is 5.56 Å². The van der Waals surface area contributed by atoms with Crippen LogP contribution in [0.3, 0.4) is 0 Å². The summed E-state index contributed by atoms with van der Waals surface area (Å²) in [4.78, 5) is 25.4. The first-order valence-electron chi connectivity index (χ1n) is 9.28. The minimum absolute atomic E-state index is 0.0257. The lowest BCUT2D eigenvalue weighted by atomic mass is 10.1. The molecule has 9 heteroatoms. The molecule has 0 spiro atoms. The van der Waals surface area contributed by atoms with Gasteiger partial charge in [0.15, 0.2) is 0 Å². The molecule has 0 radical (unpaired) electrons. The van der Waals surface area contributed by atoms with Gasteiger partial charge in [-0.2, -0.15) is 13.2 Å². The molecule has 0 aliphatic carbocycles. The van der Waals surface area contributed by atoms with Crippen molar-refractivity contribution in [2.75, 3.05) is 0 Å². The molecule has 1 heterocycles. The Morgan fingerprint density at radius 3 is 2.35 bits per heavy atom. The standard InChI is InChI=1S/C20H21N3O.C2HF3O2/c1-15-6-5-7-17(12-15)13-20(24)22-14-18-8-3-4-9-19(18)23-11-10-21-16(23)2;3-2(4,5)1(6)7/h3-12H,13-14H2,1-2H3,(H,22,24);(H,6,7). The first kappa shape index (κ1) is 23.7. The van der Waals surface area contributed by atoms with Crippen molar-refractivity contribution >= 4 is 11.9 Å². The van der Waals surface area contributed by atoms with E-state index in [1.54, 1.807) is 6.20 Å². The summed E-state index contributed by atoms with van der Waals surface area (Å²) in [5.74, 6) is -1.81. The number of para-hydroxylation sites is 1. The monoisotopic (exact) mass is 433 g/mol. The summed E-state index contributed by atoms with van der Waals surface area (Å²) in [7, 11) is 0. The molecule has 164 valence electrons. The van der Waals surface area contributed by atoms with Gasteiger partial charge in [-0.1, -0.05) is 48.0 Å². The fourth-order valence-corrected chi connectivity index (χ4v) is 2.79. The van der Waals surface area contributed by atoms with Crippen molar-refractivity contribution in [3.05, 3.63) is 83.4 Å². The van der Waals surface area contributed by atoms with Crippen molar-refractivity contribution < 1.29 is 27.9 Å². The van der Waals surface area contributed by atoms with Crippen LogP contribution in [0.4, 0.5) is 13.2 Å². The summed E-state index contributed by atoms with van der Waals surface area (Å²) in [6.07, 6.45) is -0.973. The molecule has 3 rings (SSSR count). The van der Waals surface area contributed by atoms with E-state index in [0.29, 0.717) is 13.0 Å². The Morgan fingerprint density at radius 2 is 1.77 bits per heavy atom. The molecular formula is C22H22F3N3O3. The number of hydrogen-bond donors (Lipinski definition) is 2. The van der Waals surface area contributed by atoms with Gasteiger partial charge in [0, 0.05) is 18.9 Å². The van der Waals surface area contributed by atoms with Crippen LogP contribution in [0.5, 0.6) is 0 Å². The second-order valence-electron chi connectivity index (χ2n) is 6.72. The minimum atomic E-state index is -5.08. The molecule has 0 saturated heterocycles. The number of nitrogens with zero attached hydrogens (tertiary/aromatic N) is 2. The maximum Gasteiger partial charge on any atom is 0.490 e. The van der Waals surface area contributed by atoms with Crippen molar-refractivity contribution in [3.63, 3.8) is 0 Å². The molecule has 0 bridgehead atoms. The predicted molar refractivity (Wildman–Crippen MR) is 109 cm³/mol. The zero-order valence-corrected chi connectivity index (χ0v) is 17.0. The number of nitrogens with one attached hydrogen (secondary N) is 1. The van der Waals surface area contributed by atoms with E-state index in [9.17, 15) is 18.0 Å². The van der Waals surface area contributed by atoms with Gasteiger partial charge in [-0.15, -0.1) is 0 Å². The third kappa shape index (κ3) is 7.29. The van der Waals surface area contributed by atoms with E-state index in [4.69, 9.17) is 9.90 Å². The van der Waals surface area contributed by atoms with E-state index >= 15 is 0 Å². The van der Waals surface area contributed by atoms with E-state index in [2.05, 4.69) is 10.3 Å². The lowest BCUT2D eigenvalue weighted by Crippen LogP contribution is -2.25. The molecule has 1 amide bonds. The van der Waals surface area contributed by atoms with Crippen LogP contribution in [-0.2, 0) is 22.6 Å². The number of aliphatic carboxylic acids is 1. The molecule has 2 N–H and O–H groups in total. The highest BCUT2D eigenvalue weighted by Crippen LogP contribution is 2.16. The molecule has 6 nitrogen and oxygen atoms in total. The number of alkyl halides is 3. The Balaban J connectivity index is 0.000000423. The van der Waals surface area contributed by atoms with Crippen LogP contribution < -0.4 is 5.32 Å². The molecular weight excluding hydrogens is 411 g/mol. The number of carboxylic acids is 1. The van der Waals surface area contributed by atoms with Crippen molar-refractivity contribution in [2.45, 2.75) is 33.0 Å². The Kier molecular flexibility index (Phi) is 7.95. The van der Waals surface area contributed by atoms with Crippen molar-refractivity contribution in [3.8, 4) is 5.69 Å². The Labute approximate surface area is 177 Å². The van der Waals surface area contributed by atoms with E-state index in [-0.39, 0.29) is 5.91 Å². The molecule has 0 unspecified atom stereocenters. The first-order valence-corrected chi connectivity index (χ1v) is 9.28. The van der Waals surface area contributed by atoms with Crippen LogP contribution in [0.2, 0.25) is 0 Å². The van der Waals surface area contributed by atoms with Gasteiger partial charge < -0.3 is 15.0 Å². The third-order valence-electron chi connectivity index (χ3n) is 4.24. The van der Waals surface area contributed by atoms with Crippen LogP contribution in [0.25, 0.3) is 5.69 Å². The molecule has 1 aromatic heterocycles. The molecule has 0 fully saturated rings. The van der Waals surface area contributed by atoms with E-state index in [0.717, 1.165) is 22.6 Å². The number of aryl methyl sites for hydroxylation is 2. The second-order valence-corrected chi connectivity index (χ2v) is 6.72. The summed E-state index contributed by atoms with van der Waals surface area (Å²) in [6.45, 7) is 4.50. The first-order chi connectivity index (χ1) is 14.6. The lowest BCUT2D eigenvalue weighted by Gasteiger charge is -2.13. The van der Waals surface area contributed by atoms with Crippen molar-refractivity contribution in [1.82, 2.24) is 14.9 Å². The number of halogens is 3. The number of carbonyl (C=O) groups is 2. The molecule has 31 heavy (non-hydrogen) atoms. The number of carboxylic acid groups (broad SMARTS) is 1. The average molecular weight is 433 g/mol. The van der Waals surface area contributed by atoms with Crippen LogP contribution in [-0.4, -0.2) is 32.7 Å². The fourth-order valence-electron chi connectivity index (χ4n) is 2.79. The zero-order chi connectivity index (χ0) is 23.0. The number of rotatable bonds is 5. The van der Waals surface area contributed by atoms with Crippen molar-refractivity contribution in [1.29, 1.82) is 0 Å². The summed E-state index contributed by atoms with van der Waals surface area (Å²) >= 11 is 0. The van der Waals surface area contributed by atoms with Crippen molar-refractivity contribution in [2.24, 2.45) is 0 Å². The van der Waals surface area contributed by atoms with Crippen LogP contribution in [0.1, 0.15) is 22.5 Å². The number of aromatic nitrogens is 2. The molecule has 0 saturated carbocycles. The topological polar surface area (TPSA) is 84.2 Å². The highest BCUT2D eigenvalue weighted by Gasteiger charge is 2.38. The SMILES string of the molecule is Cc1cccc(CC(=O)NCc2ccccc2-n2ccnc2C)c1.O=C(O)C(F)(F)F. The number of hydrogen-bond acceptors (Lipinski definition) is 3. The third-order valence-corrected chi connectivity index (χ3v) is 4.24. The normalized spacial score (nSPS) is 10.7.